The van der Waals surface area contributed by atoms with Gasteiger partial charge in [-0.1, -0.05) is 49.4 Å². The molecule has 1 aromatic heterocycles. The van der Waals surface area contributed by atoms with Crippen LogP contribution < -0.4 is 20.1 Å². The predicted octanol–water partition coefficient (Wildman–Crippen LogP) is 5.91. The molecule has 9 heteroatoms. The highest BCUT2D eigenvalue weighted by Gasteiger charge is 2.26. The first-order chi connectivity index (χ1) is 15.5. The van der Waals surface area contributed by atoms with E-state index >= 15 is 0 Å². The number of nitrogens with two attached hydrogens (primary N) is 1. The van der Waals surface area contributed by atoms with E-state index in [1.165, 1.54) is 25.0 Å². The Morgan fingerprint density at radius 1 is 1.00 bits per heavy atom. The van der Waals surface area contributed by atoms with E-state index in [1.807, 2.05) is 23.1 Å². The number of rotatable bonds is 6. The van der Waals surface area contributed by atoms with Crippen molar-refractivity contribution in [3.05, 3.63) is 53.3 Å². The van der Waals surface area contributed by atoms with E-state index < -0.39 is 5.82 Å². The zero-order valence-corrected chi connectivity index (χ0v) is 18.6. The van der Waals surface area contributed by atoms with Gasteiger partial charge in [0.25, 0.3) is 0 Å². The molecule has 32 heavy (non-hydrogen) atoms. The quantitative estimate of drug-likeness (QED) is 0.460. The van der Waals surface area contributed by atoms with Crippen molar-refractivity contribution in [3.8, 4) is 17.5 Å². The lowest BCUT2D eigenvalue weighted by molar-refractivity contribution is 0.409. The summed E-state index contributed by atoms with van der Waals surface area (Å²) in [6, 6.07) is 11.7. The monoisotopic (exact) mass is 457 g/mol. The number of nitrogen functional groups attached to an aromatic ring is 1. The lowest BCUT2D eigenvalue weighted by Gasteiger charge is -2.31. The van der Waals surface area contributed by atoms with Gasteiger partial charge in [0.05, 0.1) is 12.1 Å². The summed E-state index contributed by atoms with van der Waals surface area (Å²) in [6.07, 6.45) is 6.52. The zero-order valence-electron chi connectivity index (χ0n) is 17.8. The molecule has 0 saturated heterocycles. The Morgan fingerprint density at radius 2 is 1.75 bits per heavy atom. The summed E-state index contributed by atoms with van der Waals surface area (Å²) >= 11 is 6.42. The van der Waals surface area contributed by atoms with Crippen LogP contribution in [0.3, 0.4) is 0 Å². The van der Waals surface area contributed by atoms with Gasteiger partial charge in [0, 0.05) is 11.7 Å². The number of anilines is 3. The molecule has 4 rings (SSSR count). The number of hydrogen-bond acceptors (Lipinski definition) is 7. The lowest BCUT2D eigenvalue weighted by atomic mass is 10.1. The van der Waals surface area contributed by atoms with Gasteiger partial charge < -0.3 is 20.1 Å². The summed E-state index contributed by atoms with van der Waals surface area (Å²) in [5, 5.41) is 0.480. The number of aromatic nitrogens is 3. The van der Waals surface area contributed by atoms with Gasteiger partial charge in [0.2, 0.25) is 11.9 Å². The highest BCUT2D eigenvalue weighted by atomic mass is 35.5. The van der Waals surface area contributed by atoms with Crippen molar-refractivity contribution < 1.29 is 13.9 Å². The van der Waals surface area contributed by atoms with Crippen LogP contribution in [0.2, 0.25) is 5.02 Å². The number of nitrogens with zero attached hydrogens (tertiary/aromatic N) is 4. The fourth-order valence-electron chi connectivity index (χ4n) is 3.95. The third kappa shape index (κ3) is 5.02. The maximum absolute atomic E-state index is 14.1. The van der Waals surface area contributed by atoms with Gasteiger partial charge in [0.1, 0.15) is 5.75 Å². The second kappa shape index (κ2) is 9.99. The Labute approximate surface area is 191 Å². The van der Waals surface area contributed by atoms with Gasteiger partial charge in [-0.15, -0.1) is 0 Å². The molecular weight excluding hydrogens is 433 g/mol. The van der Waals surface area contributed by atoms with Crippen molar-refractivity contribution in [2.75, 3.05) is 17.7 Å². The summed E-state index contributed by atoms with van der Waals surface area (Å²) in [5.41, 5.74) is 6.80. The van der Waals surface area contributed by atoms with Crippen molar-refractivity contribution in [1.29, 1.82) is 0 Å². The van der Waals surface area contributed by atoms with Crippen LogP contribution in [-0.2, 0) is 0 Å². The number of halogens is 2. The summed E-state index contributed by atoms with van der Waals surface area (Å²) in [6.45, 7) is 0. The first-order valence-electron chi connectivity index (χ1n) is 10.6. The molecule has 1 aliphatic carbocycles. The molecule has 1 aliphatic rings. The summed E-state index contributed by atoms with van der Waals surface area (Å²) in [4.78, 5) is 14.9. The zero-order chi connectivity index (χ0) is 22.5. The Morgan fingerprint density at radius 3 is 2.44 bits per heavy atom. The maximum atomic E-state index is 14.1. The molecule has 2 N–H and O–H groups in total. The van der Waals surface area contributed by atoms with E-state index in [-0.39, 0.29) is 23.8 Å². The second-order valence-corrected chi connectivity index (χ2v) is 8.05. The van der Waals surface area contributed by atoms with Crippen LogP contribution in [0.25, 0.3) is 0 Å². The lowest BCUT2D eigenvalue weighted by Crippen LogP contribution is -2.32. The largest absolute Gasteiger partial charge is 0.495 e. The van der Waals surface area contributed by atoms with Gasteiger partial charge in [-0.3, -0.25) is 0 Å². The SMILES string of the molecule is COc1ccc(N(c2nc(N)nc(Oc3ccccc3F)n2)C2CCCCCC2)cc1Cl. The average molecular weight is 458 g/mol. The van der Waals surface area contributed by atoms with Gasteiger partial charge in [-0.2, -0.15) is 15.0 Å². The summed E-state index contributed by atoms with van der Waals surface area (Å²) in [7, 11) is 1.57. The third-order valence-corrected chi connectivity index (χ3v) is 5.77. The van der Waals surface area contributed by atoms with E-state index in [4.69, 9.17) is 26.8 Å². The molecular formula is C23H25ClFN5O2. The molecule has 7 nitrogen and oxygen atoms in total. The first-order valence-corrected chi connectivity index (χ1v) is 11.0. The molecule has 1 fully saturated rings. The fraction of sp³-hybridized carbons (Fsp3) is 0.348. The van der Waals surface area contributed by atoms with E-state index in [9.17, 15) is 4.39 Å². The van der Waals surface area contributed by atoms with Crippen molar-refractivity contribution in [1.82, 2.24) is 15.0 Å². The van der Waals surface area contributed by atoms with Crippen molar-refractivity contribution in [3.63, 3.8) is 0 Å². The van der Waals surface area contributed by atoms with Gasteiger partial charge in [0.15, 0.2) is 11.6 Å². The standard InChI is InChI=1S/C23H25ClFN5O2/c1-31-19-13-12-16(14-17(19)24)30(15-8-4-2-3-5-9-15)22-27-21(26)28-23(29-22)32-20-11-7-6-10-18(20)25/h6-7,10-15H,2-5,8-9H2,1H3,(H2,26,27,28,29). The number of methoxy groups -OCH3 is 1. The fourth-order valence-corrected chi connectivity index (χ4v) is 4.20. The van der Waals surface area contributed by atoms with Crippen LogP contribution in [0.4, 0.5) is 22.0 Å². The molecule has 0 bridgehead atoms. The minimum Gasteiger partial charge on any atom is -0.495 e. The highest BCUT2D eigenvalue weighted by molar-refractivity contribution is 6.32. The molecule has 0 radical (unpaired) electrons. The van der Waals surface area contributed by atoms with E-state index in [0.717, 1.165) is 31.4 Å². The van der Waals surface area contributed by atoms with Crippen LogP contribution in [0.1, 0.15) is 38.5 Å². The molecule has 2 aromatic carbocycles. The Hall–Kier alpha value is -3.13. The molecule has 3 aromatic rings. The first kappa shape index (κ1) is 22.1. The molecule has 0 spiro atoms. The molecule has 0 atom stereocenters. The molecule has 1 saturated carbocycles. The van der Waals surface area contributed by atoms with Crippen molar-refractivity contribution in [2.24, 2.45) is 0 Å². The predicted molar refractivity (Wildman–Crippen MR) is 122 cm³/mol. The van der Waals surface area contributed by atoms with Crippen molar-refractivity contribution in [2.45, 2.75) is 44.6 Å². The van der Waals surface area contributed by atoms with Crippen molar-refractivity contribution >= 4 is 29.2 Å². The Bertz CT molecular complexity index is 1080. The van der Waals surface area contributed by atoms with Crippen LogP contribution in [0, 0.1) is 5.82 Å². The average Bonchev–Trinajstić information content (AvgIpc) is 3.05. The molecule has 168 valence electrons. The van der Waals surface area contributed by atoms with Crippen LogP contribution in [-0.4, -0.2) is 28.1 Å². The van der Waals surface area contributed by atoms with Gasteiger partial charge in [-0.05, 0) is 43.2 Å². The highest BCUT2D eigenvalue weighted by Crippen LogP contribution is 2.37. The molecule has 0 aliphatic heterocycles. The summed E-state index contributed by atoms with van der Waals surface area (Å²) < 4.78 is 25.0. The normalized spacial score (nSPS) is 14.6. The minimum absolute atomic E-state index is 0.0116. The molecule has 1 heterocycles. The second-order valence-electron chi connectivity index (χ2n) is 7.64. The van der Waals surface area contributed by atoms with E-state index in [1.54, 1.807) is 19.2 Å². The number of hydrogen-bond donors (Lipinski definition) is 1. The number of ether oxygens (including phenoxy) is 2. The van der Waals surface area contributed by atoms with Crippen LogP contribution in [0.15, 0.2) is 42.5 Å². The van der Waals surface area contributed by atoms with Gasteiger partial charge >= 0.3 is 6.01 Å². The number of benzene rings is 2. The van der Waals surface area contributed by atoms with Crippen LogP contribution in [0.5, 0.6) is 17.5 Å². The molecule has 0 amide bonds. The van der Waals surface area contributed by atoms with E-state index in [0.29, 0.717) is 16.7 Å². The van der Waals surface area contributed by atoms with Crippen LogP contribution >= 0.6 is 11.6 Å². The third-order valence-electron chi connectivity index (χ3n) is 5.48. The summed E-state index contributed by atoms with van der Waals surface area (Å²) in [5.74, 6) is 0.389. The maximum Gasteiger partial charge on any atom is 0.328 e. The smallest absolute Gasteiger partial charge is 0.328 e. The van der Waals surface area contributed by atoms with Gasteiger partial charge in [-0.25, -0.2) is 4.39 Å². The van der Waals surface area contributed by atoms with E-state index in [2.05, 4.69) is 15.0 Å². The Balaban J connectivity index is 1.75. The number of para-hydroxylation sites is 1. The Kier molecular flexibility index (Phi) is 6.90. The molecule has 0 unspecified atom stereocenters. The topological polar surface area (TPSA) is 86.4 Å². The minimum atomic E-state index is -0.518.